The van der Waals surface area contributed by atoms with Gasteiger partial charge in [0.1, 0.15) is 11.6 Å². The van der Waals surface area contributed by atoms with E-state index in [2.05, 4.69) is 10.3 Å². The Bertz CT molecular complexity index is 521. The second-order valence-electron chi connectivity index (χ2n) is 3.65. The Morgan fingerprint density at radius 3 is 2.67 bits per heavy atom. The van der Waals surface area contributed by atoms with Crippen LogP contribution in [0, 0.1) is 19.7 Å². The van der Waals surface area contributed by atoms with Gasteiger partial charge in [-0.2, -0.15) is 0 Å². The summed E-state index contributed by atoms with van der Waals surface area (Å²) >= 11 is 0. The molecular weight excluding hydrogens is 191 g/mol. The normalized spacial score (nSPS) is 10.7. The molecule has 1 aromatic carbocycles. The van der Waals surface area contributed by atoms with Gasteiger partial charge >= 0.3 is 0 Å². The number of pyridine rings is 1. The molecule has 0 atom stereocenters. The minimum Gasteiger partial charge on any atom is -0.373 e. The van der Waals surface area contributed by atoms with E-state index >= 15 is 0 Å². The van der Waals surface area contributed by atoms with Crippen molar-refractivity contribution >= 4 is 16.7 Å². The third kappa shape index (κ3) is 1.54. The smallest absolute Gasteiger partial charge is 0.129 e. The van der Waals surface area contributed by atoms with Crippen LogP contribution < -0.4 is 5.32 Å². The third-order valence-corrected chi connectivity index (χ3v) is 2.60. The van der Waals surface area contributed by atoms with Crippen molar-refractivity contribution in [1.82, 2.24) is 4.98 Å². The number of hydrogen-bond acceptors (Lipinski definition) is 2. The van der Waals surface area contributed by atoms with Crippen LogP contribution in [-0.4, -0.2) is 12.0 Å². The first kappa shape index (κ1) is 9.90. The molecule has 2 aromatic rings. The second-order valence-corrected chi connectivity index (χ2v) is 3.65. The van der Waals surface area contributed by atoms with Gasteiger partial charge in [-0.05, 0) is 37.6 Å². The lowest BCUT2D eigenvalue weighted by Crippen LogP contribution is -1.97. The number of hydrogen-bond donors (Lipinski definition) is 1. The monoisotopic (exact) mass is 204 g/mol. The number of nitrogens with one attached hydrogen (secondary N) is 1. The highest BCUT2D eigenvalue weighted by atomic mass is 19.1. The van der Waals surface area contributed by atoms with Crippen LogP contribution in [0.25, 0.3) is 10.9 Å². The van der Waals surface area contributed by atoms with E-state index < -0.39 is 0 Å². The summed E-state index contributed by atoms with van der Waals surface area (Å²) in [5.74, 6) is 0.595. The van der Waals surface area contributed by atoms with Crippen molar-refractivity contribution in [2.75, 3.05) is 12.4 Å². The lowest BCUT2D eigenvalue weighted by Gasteiger charge is -2.08. The molecule has 15 heavy (non-hydrogen) atoms. The predicted molar refractivity (Wildman–Crippen MR) is 60.7 cm³/mol. The highest BCUT2D eigenvalue weighted by Crippen LogP contribution is 2.23. The first-order valence-corrected chi connectivity index (χ1v) is 4.87. The molecule has 2 rings (SSSR count). The number of fused-ring (bicyclic) bond motifs is 1. The average molecular weight is 204 g/mol. The Kier molecular flexibility index (Phi) is 2.31. The van der Waals surface area contributed by atoms with E-state index in [4.69, 9.17) is 0 Å². The minimum absolute atomic E-state index is 0.207. The Morgan fingerprint density at radius 2 is 2.00 bits per heavy atom. The fourth-order valence-corrected chi connectivity index (χ4v) is 1.72. The Labute approximate surface area is 88.1 Å². The molecule has 0 aliphatic carbocycles. The van der Waals surface area contributed by atoms with Gasteiger partial charge in [0, 0.05) is 18.0 Å². The molecular formula is C12H13FN2. The molecule has 78 valence electrons. The van der Waals surface area contributed by atoms with Crippen molar-refractivity contribution in [1.29, 1.82) is 0 Å². The van der Waals surface area contributed by atoms with Crippen molar-refractivity contribution in [3.05, 3.63) is 35.1 Å². The maximum absolute atomic E-state index is 13.3. The van der Waals surface area contributed by atoms with Gasteiger partial charge in [0.15, 0.2) is 0 Å². The second kappa shape index (κ2) is 3.50. The number of anilines is 1. The van der Waals surface area contributed by atoms with Gasteiger partial charge in [-0.1, -0.05) is 0 Å². The molecule has 0 saturated heterocycles. The number of aromatic nitrogens is 1. The molecule has 0 unspecified atom stereocenters. The van der Waals surface area contributed by atoms with E-state index in [1.165, 1.54) is 6.07 Å². The van der Waals surface area contributed by atoms with E-state index in [1.807, 2.05) is 20.0 Å². The summed E-state index contributed by atoms with van der Waals surface area (Å²) in [7, 11) is 1.82. The van der Waals surface area contributed by atoms with Crippen LogP contribution in [0.15, 0.2) is 18.2 Å². The molecule has 2 nitrogen and oxygen atoms in total. The topological polar surface area (TPSA) is 24.9 Å². The highest BCUT2D eigenvalue weighted by molar-refractivity contribution is 5.84. The zero-order valence-electron chi connectivity index (χ0n) is 9.06. The average Bonchev–Trinajstić information content (AvgIpc) is 2.23. The number of nitrogens with zero attached hydrogens (tertiary/aromatic N) is 1. The summed E-state index contributed by atoms with van der Waals surface area (Å²) in [6.45, 7) is 3.73. The maximum atomic E-state index is 13.3. The number of rotatable bonds is 1. The van der Waals surface area contributed by atoms with E-state index in [-0.39, 0.29) is 5.82 Å². The number of benzene rings is 1. The fraction of sp³-hybridized carbons (Fsp3) is 0.250. The minimum atomic E-state index is -0.207. The van der Waals surface area contributed by atoms with Crippen molar-refractivity contribution in [2.45, 2.75) is 13.8 Å². The standard InChI is InChI=1S/C12H13FN2/c1-7-6-9-4-5-10(13)8(2)11(9)15-12(7)14-3/h4-6H,1-3H3,(H,14,15). The van der Waals surface area contributed by atoms with Gasteiger partial charge in [0.2, 0.25) is 0 Å². The number of halogens is 1. The van der Waals surface area contributed by atoms with Crippen molar-refractivity contribution in [3.63, 3.8) is 0 Å². The summed E-state index contributed by atoms with van der Waals surface area (Å²) in [5, 5.41) is 3.98. The lowest BCUT2D eigenvalue weighted by molar-refractivity contribution is 0.620. The van der Waals surface area contributed by atoms with Crippen LogP contribution in [0.1, 0.15) is 11.1 Å². The zero-order valence-corrected chi connectivity index (χ0v) is 9.06. The Hall–Kier alpha value is -1.64. The SMILES string of the molecule is CNc1nc2c(C)c(F)ccc2cc1C. The van der Waals surface area contributed by atoms with Crippen molar-refractivity contribution < 1.29 is 4.39 Å². The van der Waals surface area contributed by atoms with Gasteiger partial charge in [0.05, 0.1) is 5.52 Å². The summed E-state index contributed by atoms with van der Waals surface area (Å²) in [6.07, 6.45) is 0. The molecule has 0 aliphatic heterocycles. The molecule has 1 N–H and O–H groups in total. The summed E-state index contributed by atoms with van der Waals surface area (Å²) in [5.41, 5.74) is 2.39. The lowest BCUT2D eigenvalue weighted by atomic mass is 10.1. The van der Waals surface area contributed by atoms with Crippen molar-refractivity contribution in [3.8, 4) is 0 Å². The van der Waals surface area contributed by atoms with E-state index in [1.54, 1.807) is 13.0 Å². The molecule has 0 fully saturated rings. The Morgan fingerprint density at radius 1 is 1.27 bits per heavy atom. The van der Waals surface area contributed by atoms with Gasteiger partial charge in [0.25, 0.3) is 0 Å². The molecule has 0 aliphatic rings. The molecule has 1 heterocycles. The first-order chi connectivity index (χ1) is 7.13. The van der Waals surface area contributed by atoms with E-state index in [9.17, 15) is 4.39 Å². The fourth-order valence-electron chi connectivity index (χ4n) is 1.72. The van der Waals surface area contributed by atoms with Crippen LogP contribution >= 0.6 is 0 Å². The molecule has 0 radical (unpaired) electrons. The van der Waals surface area contributed by atoms with Gasteiger partial charge in [-0.15, -0.1) is 0 Å². The van der Waals surface area contributed by atoms with Gasteiger partial charge < -0.3 is 5.32 Å². The van der Waals surface area contributed by atoms with Crippen LogP contribution in [0.3, 0.4) is 0 Å². The largest absolute Gasteiger partial charge is 0.373 e. The summed E-state index contributed by atoms with van der Waals surface area (Å²) < 4.78 is 13.3. The van der Waals surface area contributed by atoms with Crippen LogP contribution in [0.2, 0.25) is 0 Å². The molecule has 0 bridgehead atoms. The zero-order chi connectivity index (χ0) is 11.0. The molecule has 0 spiro atoms. The first-order valence-electron chi connectivity index (χ1n) is 4.87. The number of aryl methyl sites for hydroxylation is 2. The quantitative estimate of drug-likeness (QED) is 0.772. The van der Waals surface area contributed by atoms with Crippen molar-refractivity contribution in [2.24, 2.45) is 0 Å². The highest BCUT2D eigenvalue weighted by Gasteiger charge is 2.07. The third-order valence-electron chi connectivity index (χ3n) is 2.60. The maximum Gasteiger partial charge on any atom is 0.129 e. The molecule has 3 heteroatoms. The molecule has 0 saturated carbocycles. The summed E-state index contributed by atoms with van der Waals surface area (Å²) in [4.78, 5) is 4.40. The molecule has 0 amide bonds. The predicted octanol–water partition coefficient (Wildman–Crippen LogP) is 3.03. The van der Waals surface area contributed by atoms with Gasteiger partial charge in [-0.3, -0.25) is 0 Å². The van der Waals surface area contributed by atoms with Gasteiger partial charge in [-0.25, -0.2) is 9.37 Å². The van der Waals surface area contributed by atoms with Crippen LogP contribution in [0.4, 0.5) is 10.2 Å². The summed E-state index contributed by atoms with van der Waals surface area (Å²) in [6, 6.07) is 5.26. The molecule has 1 aromatic heterocycles. The Balaban J connectivity index is 2.82. The van der Waals surface area contributed by atoms with E-state index in [0.29, 0.717) is 5.56 Å². The van der Waals surface area contributed by atoms with Crippen LogP contribution in [-0.2, 0) is 0 Å². The van der Waals surface area contributed by atoms with Crippen LogP contribution in [0.5, 0.6) is 0 Å². The van der Waals surface area contributed by atoms with E-state index in [0.717, 1.165) is 22.3 Å².